The second-order valence-corrected chi connectivity index (χ2v) is 5.17. The maximum atomic E-state index is 10.6. The molecule has 0 spiro atoms. The Morgan fingerprint density at radius 2 is 1.90 bits per heavy atom. The van der Waals surface area contributed by atoms with E-state index in [0.717, 1.165) is 11.1 Å². The van der Waals surface area contributed by atoms with Crippen LogP contribution < -0.4 is 5.32 Å². The van der Waals surface area contributed by atoms with Gasteiger partial charge in [-0.25, -0.2) is 0 Å². The zero-order valence-corrected chi connectivity index (χ0v) is 12.2. The summed E-state index contributed by atoms with van der Waals surface area (Å²) >= 11 is 12.1. The molecule has 1 N–H and O–H groups in total. The first-order chi connectivity index (χ1) is 9.47. The molecule has 0 saturated heterocycles. The molecule has 0 bridgehead atoms. The zero-order valence-electron chi connectivity index (χ0n) is 10.7. The predicted molar refractivity (Wildman–Crippen MR) is 81.6 cm³/mol. The summed E-state index contributed by atoms with van der Waals surface area (Å²) < 4.78 is 0. The van der Waals surface area contributed by atoms with Gasteiger partial charge in [-0.2, -0.15) is 0 Å². The lowest BCUT2D eigenvalue weighted by Gasteiger charge is -2.09. The summed E-state index contributed by atoms with van der Waals surface area (Å²) in [7, 11) is 0. The molecule has 0 atom stereocenters. The molecule has 0 radical (unpaired) electrons. The third kappa shape index (κ3) is 3.40. The van der Waals surface area contributed by atoms with E-state index in [9.17, 15) is 10.1 Å². The molecule has 0 fully saturated rings. The van der Waals surface area contributed by atoms with Crippen molar-refractivity contribution in [1.82, 2.24) is 0 Å². The lowest BCUT2D eigenvalue weighted by atomic mass is 10.1. The fourth-order valence-electron chi connectivity index (χ4n) is 1.70. The van der Waals surface area contributed by atoms with Crippen LogP contribution in [0.5, 0.6) is 0 Å². The van der Waals surface area contributed by atoms with Crippen molar-refractivity contribution in [2.45, 2.75) is 13.5 Å². The first kappa shape index (κ1) is 14.6. The van der Waals surface area contributed by atoms with Crippen LogP contribution in [0.15, 0.2) is 36.4 Å². The van der Waals surface area contributed by atoms with Crippen LogP contribution in [-0.4, -0.2) is 4.92 Å². The Bertz CT molecular complexity index is 660. The Kier molecular flexibility index (Phi) is 4.47. The van der Waals surface area contributed by atoms with Crippen LogP contribution in [0.25, 0.3) is 0 Å². The molecule has 0 unspecified atom stereocenters. The van der Waals surface area contributed by atoms with Crippen molar-refractivity contribution >= 4 is 34.6 Å². The van der Waals surface area contributed by atoms with Crippen LogP contribution in [0.4, 0.5) is 11.4 Å². The van der Waals surface area contributed by atoms with E-state index in [1.165, 1.54) is 12.1 Å². The Hall–Kier alpha value is -1.78. The first-order valence-corrected chi connectivity index (χ1v) is 6.66. The van der Waals surface area contributed by atoms with E-state index in [1.807, 2.05) is 25.1 Å². The van der Waals surface area contributed by atoms with Gasteiger partial charge in [0.1, 0.15) is 0 Å². The number of halogens is 2. The van der Waals surface area contributed by atoms with Gasteiger partial charge < -0.3 is 5.32 Å². The number of nitro groups is 1. The number of nitrogens with zero attached hydrogens (tertiary/aromatic N) is 1. The molecule has 0 aromatic heterocycles. The molecule has 0 aliphatic carbocycles. The third-order valence-corrected chi connectivity index (χ3v) is 3.60. The molecule has 0 heterocycles. The zero-order chi connectivity index (χ0) is 14.7. The lowest BCUT2D eigenvalue weighted by Crippen LogP contribution is -2.00. The number of aryl methyl sites for hydroxylation is 1. The molecule has 4 nitrogen and oxygen atoms in total. The van der Waals surface area contributed by atoms with Crippen LogP contribution in [0.3, 0.4) is 0 Å². The smallest absolute Gasteiger partial charge is 0.271 e. The van der Waals surface area contributed by atoms with Gasteiger partial charge in [0.25, 0.3) is 5.69 Å². The van der Waals surface area contributed by atoms with Crippen molar-refractivity contribution in [2.75, 3.05) is 5.32 Å². The standard InChI is InChI=1S/C14H12Cl2N2O2/c1-9-2-3-10(6-12(9)15)8-17-14-5-4-11(18(19)20)7-13(14)16/h2-7,17H,8H2,1H3. The Labute approximate surface area is 126 Å². The Morgan fingerprint density at radius 1 is 1.15 bits per heavy atom. The van der Waals surface area contributed by atoms with Gasteiger partial charge in [-0.05, 0) is 30.2 Å². The quantitative estimate of drug-likeness (QED) is 0.650. The van der Waals surface area contributed by atoms with Crippen LogP contribution in [-0.2, 0) is 6.54 Å². The fraction of sp³-hybridized carbons (Fsp3) is 0.143. The molecule has 0 amide bonds. The molecule has 104 valence electrons. The van der Waals surface area contributed by atoms with Gasteiger partial charge in [0, 0.05) is 23.7 Å². The molecule has 20 heavy (non-hydrogen) atoms. The maximum Gasteiger partial charge on any atom is 0.271 e. The number of anilines is 1. The van der Waals surface area contributed by atoms with Gasteiger partial charge in [0.15, 0.2) is 0 Å². The number of nitrogens with one attached hydrogen (secondary N) is 1. The van der Waals surface area contributed by atoms with Gasteiger partial charge in [-0.15, -0.1) is 0 Å². The fourth-order valence-corrected chi connectivity index (χ4v) is 2.15. The van der Waals surface area contributed by atoms with Gasteiger partial charge in [0.2, 0.25) is 0 Å². The second kappa shape index (κ2) is 6.11. The van der Waals surface area contributed by atoms with E-state index in [1.54, 1.807) is 6.07 Å². The normalized spacial score (nSPS) is 10.3. The average molecular weight is 311 g/mol. The van der Waals surface area contributed by atoms with Gasteiger partial charge in [-0.3, -0.25) is 10.1 Å². The van der Waals surface area contributed by atoms with Crippen LogP contribution >= 0.6 is 23.2 Å². The SMILES string of the molecule is Cc1ccc(CNc2ccc([N+](=O)[O-])cc2Cl)cc1Cl. The molecule has 2 aromatic carbocycles. The lowest BCUT2D eigenvalue weighted by molar-refractivity contribution is -0.384. The van der Waals surface area contributed by atoms with E-state index in [0.29, 0.717) is 22.3 Å². The number of hydrogen-bond acceptors (Lipinski definition) is 3. The van der Waals surface area contributed by atoms with Gasteiger partial charge in [0.05, 0.1) is 15.6 Å². The molecule has 0 aliphatic rings. The third-order valence-electron chi connectivity index (χ3n) is 2.88. The highest BCUT2D eigenvalue weighted by molar-refractivity contribution is 6.33. The molecular weight excluding hydrogens is 299 g/mol. The van der Waals surface area contributed by atoms with Crippen molar-refractivity contribution in [3.63, 3.8) is 0 Å². The predicted octanol–water partition coefficient (Wildman–Crippen LogP) is 4.82. The van der Waals surface area contributed by atoms with Crippen molar-refractivity contribution in [3.05, 3.63) is 67.7 Å². The second-order valence-electron chi connectivity index (χ2n) is 4.36. The van der Waals surface area contributed by atoms with Crippen LogP contribution in [0.2, 0.25) is 10.0 Å². The topological polar surface area (TPSA) is 55.2 Å². The van der Waals surface area contributed by atoms with Crippen molar-refractivity contribution < 1.29 is 4.92 Å². The highest BCUT2D eigenvalue weighted by Gasteiger charge is 2.09. The molecule has 2 rings (SSSR count). The van der Waals surface area contributed by atoms with E-state index >= 15 is 0 Å². The summed E-state index contributed by atoms with van der Waals surface area (Å²) in [6, 6.07) is 10.1. The molecule has 0 aliphatic heterocycles. The van der Waals surface area contributed by atoms with Crippen LogP contribution in [0.1, 0.15) is 11.1 Å². The molecule has 6 heteroatoms. The van der Waals surface area contributed by atoms with Gasteiger partial charge in [-0.1, -0.05) is 35.3 Å². The summed E-state index contributed by atoms with van der Waals surface area (Å²) in [6.45, 7) is 2.48. The summed E-state index contributed by atoms with van der Waals surface area (Å²) in [6.07, 6.45) is 0. The monoisotopic (exact) mass is 310 g/mol. The number of rotatable bonds is 4. The first-order valence-electron chi connectivity index (χ1n) is 5.90. The minimum atomic E-state index is -0.477. The van der Waals surface area contributed by atoms with Crippen LogP contribution in [0, 0.1) is 17.0 Å². The van der Waals surface area contributed by atoms with E-state index in [-0.39, 0.29) is 5.69 Å². The molecule has 0 saturated carbocycles. The summed E-state index contributed by atoms with van der Waals surface area (Å²) in [4.78, 5) is 10.1. The van der Waals surface area contributed by atoms with E-state index in [2.05, 4.69) is 5.32 Å². The maximum absolute atomic E-state index is 10.6. The highest BCUT2D eigenvalue weighted by atomic mass is 35.5. The largest absolute Gasteiger partial charge is 0.380 e. The van der Waals surface area contributed by atoms with Gasteiger partial charge >= 0.3 is 0 Å². The minimum absolute atomic E-state index is 0.0288. The van der Waals surface area contributed by atoms with Crippen molar-refractivity contribution in [2.24, 2.45) is 0 Å². The molecule has 2 aromatic rings. The van der Waals surface area contributed by atoms with Crippen molar-refractivity contribution in [1.29, 1.82) is 0 Å². The Balaban J connectivity index is 2.10. The minimum Gasteiger partial charge on any atom is -0.380 e. The van der Waals surface area contributed by atoms with Crippen molar-refractivity contribution in [3.8, 4) is 0 Å². The van der Waals surface area contributed by atoms with E-state index in [4.69, 9.17) is 23.2 Å². The summed E-state index contributed by atoms with van der Waals surface area (Å²) in [5.41, 5.74) is 2.65. The number of hydrogen-bond donors (Lipinski definition) is 1. The highest BCUT2D eigenvalue weighted by Crippen LogP contribution is 2.27. The summed E-state index contributed by atoms with van der Waals surface area (Å²) in [5, 5.41) is 14.8. The number of benzene rings is 2. The Morgan fingerprint density at radius 3 is 2.50 bits per heavy atom. The number of nitro benzene ring substituents is 1. The summed E-state index contributed by atoms with van der Waals surface area (Å²) in [5.74, 6) is 0. The number of non-ortho nitro benzene ring substituents is 1. The average Bonchev–Trinajstić information content (AvgIpc) is 2.41. The van der Waals surface area contributed by atoms with E-state index < -0.39 is 4.92 Å². The molecular formula is C14H12Cl2N2O2.